The Kier molecular flexibility index (Phi) is 4.73. The van der Waals surface area contributed by atoms with Crippen LogP contribution in [0.3, 0.4) is 0 Å². The first-order chi connectivity index (χ1) is 6.72. The molecule has 0 aromatic rings. The summed E-state index contributed by atoms with van der Waals surface area (Å²) in [5, 5.41) is 14.2. The first-order valence-electron chi connectivity index (χ1n) is 5.36. The highest BCUT2D eigenvalue weighted by atomic mass is 16.4. The Balaban J connectivity index is 2.29. The summed E-state index contributed by atoms with van der Waals surface area (Å²) in [6.07, 6.45) is 5.22. The zero-order valence-electron chi connectivity index (χ0n) is 8.75. The van der Waals surface area contributed by atoms with Crippen LogP contribution in [0, 0.1) is 5.92 Å². The van der Waals surface area contributed by atoms with Crippen molar-refractivity contribution in [2.24, 2.45) is 5.92 Å². The van der Waals surface area contributed by atoms with Crippen molar-refractivity contribution in [2.45, 2.75) is 38.1 Å². The lowest BCUT2D eigenvalue weighted by Crippen LogP contribution is -2.41. The minimum absolute atomic E-state index is 0.0700. The highest BCUT2D eigenvalue weighted by Gasteiger charge is 2.20. The summed E-state index contributed by atoms with van der Waals surface area (Å²) in [4.78, 5) is 10.5. The van der Waals surface area contributed by atoms with Gasteiger partial charge >= 0.3 is 6.09 Å². The van der Waals surface area contributed by atoms with Gasteiger partial charge in [-0.2, -0.15) is 0 Å². The third-order valence-electron chi connectivity index (χ3n) is 2.87. The largest absolute Gasteiger partial charge is 0.465 e. The van der Waals surface area contributed by atoms with Crippen molar-refractivity contribution in [2.75, 3.05) is 13.6 Å². The summed E-state index contributed by atoms with van der Waals surface area (Å²) >= 11 is 0. The molecule has 0 aromatic heterocycles. The summed E-state index contributed by atoms with van der Waals surface area (Å²) in [6.45, 7) is 0.725. The number of rotatable bonds is 5. The second-order valence-corrected chi connectivity index (χ2v) is 4.09. The molecule has 1 fully saturated rings. The van der Waals surface area contributed by atoms with Crippen molar-refractivity contribution >= 4 is 6.09 Å². The maximum absolute atomic E-state index is 10.5. The minimum Gasteiger partial charge on any atom is -0.465 e. The van der Waals surface area contributed by atoms with E-state index in [2.05, 4.69) is 10.6 Å². The van der Waals surface area contributed by atoms with Gasteiger partial charge in [0.15, 0.2) is 0 Å². The SMILES string of the molecule is CNC[C@H](CC1CCCC1)NC(=O)O. The Morgan fingerprint density at radius 3 is 2.64 bits per heavy atom. The van der Waals surface area contributed by atoms with Crippen LogP contribution in [0.5, 0.6) is 0 Å². The summed E-state index contributed by atoms with van der Waals surface area (Å²) in [7, 11) is 1.85. The van der Waals surface area contributed by atoms with E-state index in [1.807, 2.05) is 7.05 Å². The van der Waals surface area contributed by atoms with Crippen LogP contribution >= 0.6 is 0 Å². The molecule has 0 aliphatic heterocycles. The first kappa shape index (κ1) is 11.3. The number of carbonyl (C=O) groups is 1. The summed E-state index contributed by atoms with van der Waals surface area (Å²) < 4.78 is 0. The molecule has 3 N–H and O–H groups in total. The maximum Gasteiger partial charge on any atom is 0.404 e. The van der Waals surface area contributed by atoms with E-state index in [1.54, 1.807) is 0 Å². The van der Waals surface area contributed by atoms with Crippen LogP contribution in [0.1, 0.15) is 32.1 Å². The normalized spacial score (nSPS) is 19.5. The average Bonchev–Trinajstić information content (AvgIpc) is 2.56. The van der Waals surface area contributed by atoms with Crippen molar-refractivity contribution < 1.29 is 9.90 Å². The quantitative estimate of drug-likeness (QED) is 0.629. The van der Waals surface area contributed by atoms with E-state index in [0.29, 0.717) is 0 Å². The molecule has 1 aliphatic rings. The van der Waals surface area contributed by atoms with Crippen molar-refractivity contribution in [1.29, 1.82) is 0 Å². The predicted octanol–water partition coefficient (Wildman–Crippen LogP) is 1.42. The Hall–Kier alpha value is -0.770. The van der Waals surface area contributed by atoms with Crippen LogP contribution in [0.2, 0.25) is 0 Å². The number of hydrogen-bond acceptors (Lipinski definition) is 2. The monoisotopic (exact) mass is 200 g/mol. The number of amides is 1. The number of hydrogen-bond donors (Lipinski definition) is 3. The minimum atomic E-state index is -0.914. The fourth-order valence-electron chi connectivity index (χ4n) is 2.26. The van der Waals surface area contributed by atoms with Gasteiger partial charge in [0.05, 0.1) is 0 Å². The molecular formula is C10H20N2O2. The summed E-state index contributed by atoms with van der Waals surface area (Å²) in [6, 6.07) is 0.0700. The molecule has 1 saturated carbocycles. The van der Waals surface area contributed by atoms with Gasteiger partial charge in [-0.1, -0.05) is 25.7 Å². The van der Waals surface area contributed by atoms with E-state index in [0.717, 1.165) is 18.9 Å². The van der Waals surface area contributed by atoms with Crippen LogP contribution in [-0.4, -0.2) is 30.8 Å². The van der Waals surface area contributed by atoms with Gasteiger partial charge in [0.25, 0.3) is 0 Å². The van der Waals surface area contributed by atoms with Gasteiger partial charge in [-0.05, 0) is 19.4 Å². The van der Waals surface area contributed by atoms with Gasteiger partial charge in [0, 0.05) is 12.6 Å². The highest BCUT2D eigenvalue weighted by Crippen LogP contribution is 2.28. The third-order valence-corrected chi connectivity index (χ3v) is 2.87. The number of nitrogens with one attached hydrogen (secondary N) is 2. The van der Waals surface area contributed by atoms with Gasteiger partial charge in [-0.3, -0.25) is 0 Å². The van der Waals surface area contributed by atoms with Gasteiger partial charge in [-0.15, -0.1) is 0 Å². The van der Waals surface area contributed by atoms with Crippen molar-refractivity contribution in [1.82, 2.24) is 10.6 Å². The first-order valence-corrected chi connectivity index (χ1v) is 5.36. The lowest BCUT2D eigenvalue weighted by Gasteiger charge is -2.19. The van der Waals surface area contributed by atoms with E-state index in [9.17, 15) is 4.79 Å². The van der Waals surface area contributed by atoms with Crippen LogP contribution in [0.4, 0.5) is 4.79 Å². The lowest BCUT2D eigenvalue weighted by molar-refractivity contribution is 0.187. The number of likely N-dealkylation sites (N-methyl/N-ethyl adjacent to an activating group) is 1. The standard InChI is InChI=1S/C10H20N2O2/c1-11-7-9(12-10(13)14)6-8-4-2-3-5-8/h8-9,11-12H,2-7H2,1H3,(H,13,14)/t9-/m0/s1. The molecular weight excluding hydrogens is 180 g/mol. The van der Waals surface area contributed by atoms with Crippen LogP contribution in [-0.2, 0) is 0 Å². The van der Waals surface area contributed by atoms with Gasteiger partial charge in [0.2, 0.25) is 0 Å². The zero-order chi connectivity index (χ0) is 10.4. The fourth-order valence-corrected chi connectivity index (χ4v) is 2.26. The summed E-state index contributed by atoms with van der Waals surface area (Å²) in [5.41, 5.74) is 0. The van der Waals surface area contributed by atoms with Crippen LogP contribution < -0.4 is 10.6 Å². The molecule has 0 spiro atoms. The van der Waals surface area contributed by atoms with Crippen molar-refractivity contribution in [3.8, 4) is 0 Å². The van der Waals surface area contributed by atoms with Crippen LogP contribution in [0.15, 0.2) is 0 Å². The second-order valence-electron chi connectivity index (χ2n) is 4.09. The maximum atomic E-state index is 10.5. The molecule has 82 valence electrons. The molecule has 1 aliphatic carbocycles. The predicted molar refractivity (Wildman–Crippen MR) is 55.5 cm³/mol. The average molecular weight is 200 g/mol. The molecule has 0 aromatic carbocycles. The van der Waals surface area contributed by atoms with E-state index >= 15 is 0 Å². The zero-order valence-corrected chi connectivity index (χ0v) is 8.75. The highest BCUT2D eigenvalue weighted by molar-refractivity contribution is 5.64. The fraction of sp³-hybridized carbons (Fsp3) is 0.900. The molecule has 0 bridgehead atoms. The topological polar surface area (TPSA) is 61.4 Å². The second kappa shape index (κ2) is 5.86. The molecule has 0 unspecified atom stereocenters. The van der Waals surface area contributed by atoms with E-state index in [-0.39, 0.29) is 6.04 Å². The molecule has 0 radical (unpaired) electrons. The molecule has 1 atom stereocenters. The molecule has 0 saturated heterocycles. The van der Waals surface area contributed by atoms with Gasteiger partial charge in [-0.25, -0.2) is 4.79 Å². The Morgan fingerprint density at radius 2 is 2.14 bits per heavy atom. The van der Waals surface area contributed by atoms with Gasteiger partial charge in [0.1, 0.15) is 0 Å². The molecule has 0 heterocycles. The van der Waals surface area contributed by atoms with Crippen molar-refractivity contribution in [3.63, 3.8) is 0 Å². The van der Waals surface area contributed by atoms with Crippen LogP contribution in [0.25, 0.3) is 0 Å². The molecule has 1 rings (SSSR count). The number of carboxylic acid groups (broad SMARTS) is 1. The lowest BCUT2D eigenvalue weighted by atomic mass is 9.98. The van der Waals surface area contributed by atoms with E-state index in [4.69, 9.17) is 5.11 Å². The van der Waals surface area contributed by atoms with E-state index < -0.39 is 6.09 Å². The molecule has 14 heavy (non-hydrogen) atoms. The smallest absolute Gasteiger partial charge is 0.404 e. The molecule has 4 nitrogen and oxygen atoms in total. The Labute approximate surface area is 85.1 Å². The summed E-state index contributed by atoms with van der Waals surface area (Å²) in [5.74, 6) is 0.722. The van der Waals surface area contributed by atoms with Gasteiger partial charge < -0.3 is 15.7 Å². The third kappa shape index (κ3) is 3.96. The Bertz CT molecular complexity index is 179. The Morgan fingerprint density at radius 1 is 1.50 bits per heavy atom. The molecule has 4 heteroatoms. The molecule has 1 amide bonds. The van der Waals surface area contributed by atoms with E-state index in [1.165, 1.54) is 25.7 Å². The van der Waals surface area contributed by atoms with Crippen molar-refractivity contribution in [3.05, 3.63) is 0 Å².